The van der Waals surface area contributed by atoms with E-state index in [2.05, 4.69) is 5.32 Å². The van der Waals surface area contributed by atoms with Gasteiger partial charge in [0, 0.05) is 5.56 Å². The Kier molecular flexibility index (Phi) is 4.53. The van der Waals surface area contributed by atoms with E-state index in [1.54, 1.807) is 25.1 Å². The molecule has 3 rings (SSSR count). The number of hydrogen-bond donors (Lipinski definition) is 2. The zero-order chi connectivity index (χ0) is 17.3. The van der Waals surface area contributed by atoms with Crippen LogP contribution in [0.2, 0.25) is 0 Å². The second kappa shape index (κ2) is 6.60. The van der Waals surface area contributed by atoms with Crippen molar-refractivity contribution in [3.63, 3.8) is 0 Å². The molecule has 1 fully saturated rings. The van der Waals surface area contributed by atoms with Crippen molar-refractivity contribution in [1.29, 1.82) is 0 Å². The monoisotopic (exact) mass is 332 g/mol. The summed E-state index contributed by atoms with van der Waals surface area (Å²) < 4.78 is 5.47. The SMILES string of the molecule is CC1Oc2ccc(C(=O)CN3CCC(C(=O)O)CC3)cc2NC1=O. The molecule has 2 aliphatic heterocycles. The van der Waals surface area contributed by atoms with Crippen LogP contribution in [0.3, 0.4) is 0 Å². The summed E-state index contributed by atoms with van der Waals surface area (Å²) >= 11 is 0. The number of anilines is 1. The van der Waals surface area contributed by atoms with Crippen LogP contribution >= 0.6 is 0 Å². The Morgan fingerprint density at radius 2 is 2.04 bits per heavy atom. The Labute approximate surface area is 139 Å². The van der Waals surface area contributed by atoms with Gasteiger partial charge in [0.15, 0.2) is 11.9 Å². The number of carbonyl (C=O) groups excluding carboxylic acids is 2. The molecule has 1 aromatic rings. The van der Waals surface area contributed by atoms with Crippen LogP contribution in [0.1, 0.15) is 30.1 Å². The number of aliphatic carboxylic acids is 1. The van der Waals surface area contributed by atoms with E-state index in [1.165, 1.54) is 0 Å². The average Bonchev–Trinajstić information content (AvgIpc) is 2.56. The lowest BCUT2D eigenvalue weighted by Gasteiger charge is -2.29. The van der Waals surface area contributed by atoms with Crippen LogP contribution in [0.25, 0.3) is 0 Å². The van der Waals surface area contributed by atoms with Crippen LogP contribution in [0.15, 0.2) is 18.2 Å². The maximum atomic E-state index is 12.4. The summed E-state index contributed by atoms with van der Waals surface area (Å²) in [7, 11) is 0. The first kappa shape index (κ1) is 16.4. The minimum Gasteiger partial charge on any atom is -0.481 e. The number of rotatable bonds is 4. The van der Waals surface area contributed by atoms with Gasteiger partial charge in [0.1, 0.15) is 5.75 Å². The molecule has 1 aromatic carbocycles. The van der Waals surface area contributed by atoms with Crippen molar-refractivity contribution in [3.8, 4) is 5.75 Å². The van der Waals surface area contributed by atoms with Crippen LogP contribution in [0.4, 0.5) is 5.69 Å². The lowest BCUT2D eigenvalue weighted by atomic mass is 9.96. The molecule has 1 saturated heterocycles. The van der Waals surface area contributed by atoms with Crippen LogP contribution in [-0.4, -0.2) is 53.4 Å². The van der Waals surface area contributed by atoms with E-state index in [1.807, 2.05) is 4.90 Å². The van der Waals surface area contributed by atoms with Gasteiger partial charge in [0.05, 0.1) is 18.2 Å². The minimum atomic E-state index is -0.763. The van der Waals surface area contributed by atoms with Gasteiger partial charge in [0.2, 0.25) is 0 Å². The second-order valence-corrected chi connectivity index (χ2v) is 6.27. The Balaban J connectivity index is 1.63. The maximum Gasteiger partial charge on any atom is 0.306 e. The van der Waals surface area contributed by atoms with Gasteiger partial charge < -0.3 is 15.2 Å². The van der Waals surface area contributed by atoms with Gasteiger partial charge in [-0.1, -0.05) is 0 Å². The van der Waals surface area contributed by atoms with Gasteiger partial charge in [-0.2, -0.15) is 0 Å². The number of carboxylic acid groups (broad SMARTS) is 1. The Bertz CT molecular complexity index is 680. The van der Waals surface area contributed by atoms with Crippen molar-refractivity contribution >= 4 is 23.3 Å². The van der Waals surface area contributed by atoms with E-state index in [0.29, 0.717) is 42.9 Å². The molecule has 2 N–H and O–H groups in total. The average molecular weight is 332 g/mol. The number of likely N-dealkylation sites (tertiary alicyclic amines) is 1. The Morgan fingerprint density at radius 1 is 1.33 bits per heavy atom. The molecule has 7 nitrogen and oxygen atoms in total. The molecular weight excluding hydrogens is 312 g/mol. The fourth-order valence-corrected chi connectivity index (χ4v) is 3.01. The molecule has 0 spiro atoms. The maximum absolute atomic E-state index is 12.4. The molecule has 1 atom stereocenters. The molecular formula is C17H20N2O5. The number of benzene rings is 1. The molecule has 0 aliphatic carbocycles. The van der Waals surface area contributed by atoms with Gasteiger partial charge >= 0.3 is 5.97 Å². The summed E-state index contributed by atoms with van der Waals surface area (Å²) in [6.07, 6.45) is 0.581. The summed E-state index contributed by atoms with van der Waals surface area (Å²) in [6, 6.07) is 5.01. The quantitative estimate of drug-likeness (QED) is 0.809. The zero-order valence-electron chi connectivity index (χ0n) is 13.4. The van der Waals surface area contributed by atoms with Crippen molar-refractivity contribution in [2.75, 3.05) is 25.0 Å². The number of hydrogen-bond acceptors (Lipinski definition) is 5. The van der Waals surface area contributed by atoms with Gasteiger partial charge in [-0.3, -0.25) is 19.3 Å². The molecule has 0 radical (unpaired) electrons. The van der Waals surface area contributed by atoms with Gasteiger partial charge in [-0.15, -0.1) is 0 Å². The van der Waals surface area contributed by atoms with Gasteiger partial charge in [0.25, 0.3) is 5.91 Å². The number of ether oxygens (including phenoxy) is 1. The number of ketones is 1. The van der Waals surface area contributed by atoms with Crippen molar-refractivity contribution in [3.05, 3.63) is 23.8 Å². The summed E-state index contributed by atoms with van der Waals surface area (Å²) in [5.41, 5.74) is 1.01. The van der Waals surface area contributed by atoms with Crippen LogP contribution in [0.5, 0.6) is 5.75 Å². The van der Waals surface area contributed by atoms with E-state index in [4.69, 9.17) is 9.84 Å². The number of fused-ring (bicyclic) bond motifs is 1. The van der Waals surface area contributed by atoms with E-state index >= 15 is 0 Å². The number of piperidine rings is 1. The fourth-order valence-electron chi connectivity index (χ4n) is 3.01. The van der Waals surface area contributed by atoms with Gasteiger partial charge in [-0.05, 0) is 51.1 Å². The number of carboxylic acids is 1. The number of Topliss-reactive ketones (excluding diaryl/α,β-unsaturated/α-hetero) is 1. The minimum absolute atomic E-state index is 0.0561. The highest BCUT2D eigenvalue weighted by Gasteiger charge is 2.27. The molecule has 0 aromatic heterocycles. The highest BCUT2D eigenvalue weighted by molar-refractivity contribution is 6.02. The largest absolute Gasteiger partial charge is 0.481 e. The topological polar surface area (TPSA) is 95.9 Å². The molecule has 1 amide bonds. The fraction of sp³-hybridized carbons (Fsp3) is 0.471. The summed E-state index contributed by atoms with van der Waals surface area (Å²) in [5, 5.41) is 11.7. The standard InChI is InChI=1S/C17H20N2O5/c1-10-16(21)18-13-8-12(2-3-15(13)24-10)14(20)9-19-6-4-11(5-7-19)17(22)23/h2-3,8,10-11H,4-7,9H2,1H3,(H,18,21)(H,22,23). The molecule has 0 bridgehead atoms. The summed E-state index contributed by atoms with van der Waals surface area (Å²) in [4.78, 5) is 37.0. The predicted octanol–water partition coefficient (Wildman–Crippen LogP) is 1.39. The molecule has 128 valence electrons. The second-order valence-electron chi connectivity index (χ2n) is 6.27. The predicted molar refractivity (Wildman–Crippen MR) is 86.3 cm³/mol. The number of nitrogens with zero attached hydrogens (tertiary/aromatic N) is 1. The number of amides is 1. The Morgan fingerprint density at radius 3 is 2.71 bits per heavy atom. The summed E-state index contributed by atoms with van der Waals surface area (Å²) in [5.74, 6) is -0.807. The van der Waals surface area contributed by atoms with Crippen molar-refractivity contribution < 1.29 is 24.2 Å². The highest BCUT2D eigenvalue weighted by Crippen LogP contribution is 2.30. The molecule has 7 heteroatoms. The molecule has 1 unspecified atom stereocenters. The smallest absolute Gasteiger partial charge is 0.306 e. The molecule has 2 aliphatic rings. The normalized spacial score (nSPS) is 21.5. The molecule has 24 heavy (non-hydrogen) atoms. The third kappa shape index (κ3) is 3.41. The van der Waals surface area contributed by atoms with E-state index in [0.717, 1.165) is 0 Å². The van der Waals surface area contributed by atoms with Crippen LogP contribution < -0.4 is 10.1 Å². The number of nitrogens with one attached hydrogen (secondary N) is 1. The van der Waals surface area contributed by atoms with Crippen molar-refractivity contribution in [1.82, 2.24) is 4.90 Å². The number of carbonyl (C=O) groups is 3. The van der Waals surface area contributed by atoms with Crippen molar-refractivity contribution in [2.24, 2.45) is 5.92 Å². The first-order valence-electron chi connectivity index (χ1n) is 8.04. The van der Waals surface area contributed by atoms with Gasteiger partial charge in [-0.25, -0.2) is 0 Å². The molecule has 0 saturated carbocycles. The molecule has 2 heterocycles. The first-order chi connectivity index (χ1) is 11.4. The lowest BCUT2D eigenvalue weighted by molar-refractivity contribution is -0.143. The van der Waals surface area contributed by atoms with Crippen LogP contribution in [0, 0.1) is 5.92 Å². The zero-order valence-corrected chi connectivity index (χ0v) is 13.4. The summed E-state index contributed by atoms with van der Waals surface area (Å²) in [6.45, 7) is 3.12. The Hall–Kier alpha value is -2.41. The van der Waals surface area contributed by atoms with E-state index in [-0.39, 0.29) is 24.2 Å². The van der Waals surface area contributed by atoms with E-state index in [9.17, 15) is 14.4 Å². The third-order valence-corrected chi connectivity index (χ3v) is 4.54. The van der Waals surface area contributed by atoms with Crippen molar-refractivity contribution in [2.45, 2.75) is 25.9 Å². The first-order valence-corrected chi connectivity index (χ1v) is 8.04. The highest BCUT2D eigenvalue weighted by atomic mass is 16.5. The third-order valence-electron chi connectivity index (χ3n) is 4.54. The van der Waals surface area contributed by atoms with E-state index < -0.39 is 12.1 Å². The lowest BCUT2D eigenvalue weighted by Crippen LogP contribution is -2.39. The van der Waals surface area contributed by atoms with Crippen LogP contribution in [-0.2, 0) is 9.59 Å².